The van der Waals surface area contributed by atoms with E-state index < -0.39 is 18.0 Å². The van der Waals surface area contributed by atoms with E-state index in [9.17, 15) is 14.0 Å². The molecule has 0 aliphatic carbocycles. The smallest absolute Gasteiger partial charge is 0.342 e. The molecule has 2 aromatic rings. The maximum absolute atomic E-state index is 12.8. The molecule has 0 radical (unpaired) electrons. The second-order valence-corrected chi connectivity index (χ2v) is 4.78. The summed E-state index contributed by atoms with van der Waals surface area (Å²) >= 11 is 0. The molecule has 0 saturated heterocycles. The van der Waals surface area contributed by atoms with Gasteiger partial charge in [0.05, 0.1) is 6.26 Å². The molecule has 1 amide bonds. The van der Waals surface area contributed by atoms with Crippen LogP contribution in [0.3, 0.4) is 0 Å². The van der Waals surface area contributed by atoms with Crippen LogP contribution >= 0.6 is 0 Å². The second-order valence-electron chi connectivity index (χ2n) is 4.78. The molecule has 0 bridgehead atoms. The monoisotopic (exact) mass is 305 g/mol. The summed E-state index contributed by atoms with van der Waals surface area (Å²) in [5, 5.41) is 2.62. The van der Waals surface area contributed by atoms with Gasteiger partial charge in [0.1, 0.15) is 17.1 Å². The van der Waals surface area contributed by atoms with Gasteiger partial charge in [-0.25, -0.2) is 9.18 Å². The van der Waals surface area contributed by atoms with Crippen LogP contribution in [-0.4, -0.2) is 18.0 Å². The van der Waals surface area contributed by atoms with Crippen LogP contribution < -0.4 is 5.32 Å². The lowest BCUT2D eigenvalue weighted by Crippen LogP contribution is -2.35. The van der Waals surface area contributed by atoms with Crippen LogP contribution in [0.4, 0.5) is 4.39 Å². The lowest BCUT2D eigenvalue weighted by atomic mass is 10.2. The Morgan fingerprint density at radius 1 is 1.27 bits per heavy atom. The van der Waals surface area contributed by atoms with Gasteiger partial charge in [-0.05, 0) is 37.6 Å². The summed E-state index contributed by atoms with van der Waals surface area (Å²) in [6.45, 7) is 3.34. The Morgan fingerprint density at radius 3 is 2.55 bits per heavy atom. The molecule has 0 saturated carbocycles. The van der Waals surface area contributed by atoms with E-state index in [4.69, 9.17) is 9.15 Å². The molecule has 1 aromatic heterocycles. The summed E-state index contributed by atoms with van der Waals surface area (Å²) < 4.78 is 22.9. The van der Waals surface area contributed by atoms with Crippen molar-refractivity contribution in [3.63, 3.8) is 0 Å². The molecule has 1 N–H and O–H groups in total. The standard InChI is InChI=1S/C16H16FNO4/c1-10-14(7-8-21-10)16(20)22-11(2)15(19)18-9-12-3-5-13(17)6-4-12/h3-8,11H,9H2,1-2H3,(H,18,19)/t11-/m0/s1. The zero-order chi connectivity index (χ0) is 16.1. The number of aryl methyl sites for hydroxylation is 1. The van der Waals surface area contributed by atoms with E-state index in [0.717, 1.165) is 5.56 Å². The third-order valence-electron chi connectivity index (χ3n) is 3.11. The van der Waals surface area contributed by atoms with Gasteiger partial charge in [-0.2, -0.15) is 0 Å². The molecule has 0 spiro atoms. The van der Waals surface area contributed by atoms with Crippen LogP contribution in [-0.2, 0) is 16.1 Å². The van der Waals surface area contributed by atoms with Gasteiger partial charge in [0, 0.05) is 6.54 Å². The van der Waals surface area contributed by atoms with Crippen molar-refractivity contribution >= 4 is 11.9 Å². The van der Waals surface area contributed by atoms with Crippen LogP contribution in [0.5, 0.6) is 0 Å². The minimum Gasteiger partial charge on any atom is -0.469 e. The summed E-state index contributed by atoms with van der Waals surface area (Å²) in [6, 6.07) is 7.25. The lowest BCUT2D eigenvalue weighted by Gasteiger charge is -2.13. The number of halogens is 1. The molecule has 0 aliphatic rings. The summed E-state index contributed by atoms with van der Waals surface area (Å²) in [4.78, 5) is 23.7. The number of carbonyl (C=O) groups excluding carboxylic acids is 2. The molecule has 5 nitrogen and oxygen atoms in total. The summed E-state index contributed by atoms with van der Waals surface area (Å²) in [5.74, 6) is -0.953. The number of furan rings is 1. The molecular weight excluding hydrogens is 289 g/mol. The van der Waals surface area contributed by atoms with Crippen LogP contribution in [0.2, 0.25) is 0 Å². The molecule has 6 heteroatoms. The van der Waals surface area contributed by atoms with E-state index in [1.807, 2.05) is 0 Å². The second kappa shape index (κ2) is 6.89. The van der Waals surface area contributed by atoms with Crippen molar-refractivity contribution in [2.45, 2.75) is 26.5 Å². The number of carbonyl (C=O) groups is 2. The van der Waals surface area contributed by atoms with Crippen molar-refractivity contribution < 1.29 is 23.1 Å². The molecule has 0 aliphatic heterocycles. The van der Waals surface area contributed by atoms with E-state index in [-0.39, 0.29) is 17.9 Å². The summed E-state index contributed by atoms with van der Waals surface area (Å²) in [6.07, 6.45) is 0.438. The highest BCUT2D eigenvalue weighted by molar-refractivity contribution is 5.92. The Hall–Kier alpha value is -2.63. The number of nitrogens with one attached hydrogen (secondary N) is 1. The Morgan fingerprint density at radius 2 is 1.95 bits per heavy atom. The van der Waals surface area contributed by atoms with Crippen molar-refractivity contribution in [2.24, 2.45) is 0 Å². The lowest BCUT2D eigenvalue weighted by molar-refractivity contribution is -0.129. The molecule has 1 atom stereocenters. The first-order valence-electron chi connectivity index (χ1n) is 6.74. The van der Waals surface area contributed by atoms with Gasteiger partial charge in [0.25, 0.3) is 5.91 Å². The summed E-state index contributed by atoms with van der Waals surface area (Å²) in [5.41, 5.74) is 1.04. The number of hydrogen-bond donors (Lipinski definition) is 1. The third-order valence-corrected chi connectivity index (χ3v) is 3.11. The minimum atomic E-state index is -0.942. The molecule has 1 heterocycles. The predicted molar refractivity (Wildman–Crippen MR) is 76.6 cm³/mol. The quantitative estimate of drug-likeness (QED) is 0.862. The molecule has 116 valence electrons. The fourth-order valence-corrected chi connectivity index (χ4v) is 1.81. The fourth-order valence-electron chi connectivity index (χ4n) is 1.81. The molecule has 0 unspecified atom stereocenters. The van der Waals surface area contributed by atoms with Crippen LogP contribution in [0.25, 0.3) is 0 Å². The number of hydrogen-bond acceptors (Lipinski definition) is 4. The SMILES string of the molecule is Cc1occc1C(=O)O[C@@H](C)C(=O)NCc1ccc(F)cc1. The van der Waals surface area contributed by atoms with Crippen LogP contribution in [0, 0.1) is 12.7 Å². The minimum absolute atomic E-state index is 0.228. The number of benzene rings is 1. The molecule has 2 rings (SSSR count). The zero-order valence-electron chi connectivity index (χ0n) is 12.3. The van der Waals surface area contributed by atoms with E-state index in [0.29, 0.717) is 5.76 Å². The highest BCUT2D eigenvalue weighted by Crippen LogP contribution is 2.11. The molecule has 22 heavy (non-hydrogen) atoms. The third kappa shape index (κ3) is 3.94. The molecular formula is C16H16FNO4. The normalized spacial score (nSPS) is 11.8. The number of ether oxygens (including phenoxy) is 1. The van der Waals surface area contributed by atoms with Crippen molar-refractivity contribution in [2.75, 3.05) is 0 Å². The maximum Gasteiger partial charge on any atom is 0.342 e. The van der Waals surface area contributed by atoms with Crippen molar-refractivity contribution in [3.8, 4) is 0 Å². The van der Waals surface area contributed by atoms with Gasteiger partial charge in [-0.15, -0.1) is 0 Å². The van der Waals surface area contributed by atoms with Crippen LogP contribution in [0.1, 0.15) is 28.6 Å². The average molecular weight is 305 g/mol. The fraction of sp³-hybridized carbons (Fsp3) is 0.250. The maximum atomic E-state index is 12.8. The first kappa shape index (κ1) is 15.8. The first-order chi connectivity index (χ1) is 10.5. The Balaban J connectivity index is 1.85. The Kier molecular flexibility index (Phi) is 4.93. The average Bonchev–Trinajstić information content (AvgIpc) is 2.92. The van der Waals surface area contributed by atoms with Gasteiger partial charge >= 0.3 is 5.97 Å². The number of esters is 1. The van der Waals surface area contributed by atoms with E-state index in [1.165, 1.54) is 31.4 Å². The highest BCUT2D eigenvalue weighted by Gasteiger charge is 2.20. The first-order valence-corrected chi connectivity index (χ1v) is 6.74. The largest absolute Gasteiger partial charge is 0.469 e. The summed E-state index contributed by atoms with van der Waals surface area (Å²) in [7, 11) is 0. The van der Waals surface area contributed by atoms with Crippen molar-refractivity contribution in [1.82, 2.24) is 5.32 Å². The topological polar surface area (TPSA) is 68.5 Å². The van der Waals surface area contributed by atoms with Crippen molar-refractivity contribution in [1.29, 1.82) is 0 Å². The Labute approximate surface area is 127 Å². The predicted octanol–water partition coefficient (Wildman–Crippen LogP) is 2.59. The van der Waals surface area contributed by atoms with Gasteiger partial charge in [-0.1, -0.05) is 12.1 Å². The van der Waals surface area contributed by atoms with Gasteiger partial charge in [-0.3, -0.25) is 4.79 Å². The van der Waals surface area contributed by atoms with E-state index in [1.54, 1.807) is 19.1 Å². The molecule has 0 fully saturated rings. The van der Waals surface area contributed by atoms with E-state index in [2.05, 4.69) is 5.32 Å². The van der Waals surface area contributed by atoms with Gasteiger partial charge < -0.3 is 14.5 Å². The molecule has 1 aromatic carbocycles. The number of rotatable bonds is 5. The highest BCUT2D eigenvalue weighted by atomic mass is 19.1. The zero-order valence-corrected chi connectivity index (χ0v) is 12.3. The Bertz CT molecular complexity index is 663. The van der Waals surface area contributed by atoms with E-state index >= 15 is 0 Å². The van der Waals surface area contributed by atoms with Crippen LogP contribution in [0.15, 0.2) is 41.0 Å². The van der Waals surface area contributed by atoms with Crippen molar-refractivity contribution in [3.05, 3.63) is 59.3 Å². The number of amides is 1. The van der Waals surface area contributed by atoms with Gasteiger partial charge in [0.15, 0.2) is 6.10 Å². The van der Waals surface area contributed by atoms with Gasteiger partial charge in [0.2, 0.25) is 0 Å².